The highest BCUT2D eigenvalue weighted by Crippen LogP contribution is 2.25. The van der Waals surface area contributed by atoms with Crippen LogP contribution < -0.4 is 10.1 Å². The fraction of sp³-hybridized carbons (Fsp3) is 0.500. The van der Waals surface area contributed by atoms with Gasteiger partial charge in [-0.25, -0.2) is 0 Å². The molecular weight excluding hydrogens is 206 g/mol. The van der Waals surface area contributed by atoms with Crippen molar-refractivity contribution in [3.63, 3.8) is 0 Å². The van der Waals surface area contributed by atoms with Gasteiger partial charge in [-0.3, -0.25) is 0 Å². The zero-order valence-corrected chi connectivity index (χ0v) is 9.60. The second-order valence-corrected chi connectivity index (χ2v) is 3.76. The van der Waals surface area contributed by atoms with Gasteiger partial charge in [0.2, 0.25) is 0 Å². The van der Waals surface area contributed by atoms with E-state index >= 15 is 0 Å². The molecule has 0 spiro atoms. The fourth-order valence-corrected chi connectivity index (χ4v) is 1.65. The molecule has 2 rings (SSSR count). The molecule has 0 amide bonds. The van der Waals surface area contributed by atoms with Gasteiger partial charge in [-0.1, -0.05) is 12.1 Å². The summed E-state index contributed by atoms with van der Waals surface area (Å²) in [6.07, 6.45) is -0.278. The van der Waals surface area contributed by atoms with E-state index in [1.54, 1.807) is 7.11 Å². The molecule has 1 aromatic carbocycles. The van der Waals surface area contributed by atoms with Crippen LogP contribution in [0.5, 0.6) is 5.75 Å². The lowest BCUT2D eigenvalue weighted by molar-refractivity contribution is -0.193. The maximum absolute atomic E-state index is 5.63. The van der Waals surface area contributed by atoms with Crippen LogP contribution in [0.15, 0.2) is 24.3 Å². The Bertz CT molecular complexity index is 335. The van der Waals surface area contributed by atoms with Crippen molar-refractivity contribution < 1.29 is 14.2 Å². The summed E-state index contributed by atoms with van der Waals surface area (Å²) >= 11 is 0. The second kappa shape index (κ2) is 5.30. The van der Waals surface area contributed by atoms with Crippen molar-refractivity contribution in [2.45, 2.75) is 12.3 Å². The number of methoxy groups -OCH3 is 1. The third-order valence-corrected chi connectivity index (χ3v) is 2.67. The molecule has 1 aliphatic rings. The Balaban J connectivity index is 2.02. The Morgan fingerprint density at radius 3 is 2.69 bits per heavy atom. The van der Waals surface area contributed by atoms with Gasteiger partial charge in [-0.15, -0.1) is 0 Å². The van der Waals surface area contributed by atoms with Gasteiger partial charge < -0.3 is 19.5 Å². The first-order valence-electron chi connectivity index (χ1n) is 5.38. The highest BCUT2D eigenvalue weighted by Gasteiger charge is 2.22. The summed E-state index contributed by atoms with van der Waals surface area (Å²) in [5.74, 6) is 0.820. The third-order valence-electron chi connectivity index (χ3n) is 2.67. The molecule has 0 atom stereocenters. The Labute approximate surface area is 95.5 Å². The molecule has 0 aliphatic carbocycles. The molecule has 4 nitrogen and oxygen atoms in total. The molecular formula is C12H17NO3. The van der Waals surface area contributed by atoms with Crippen LogP contribution >= 0.6 is 0 Å². The number of nitrogens with one attached hydrogen (secondary N) is 1. The lowest BCUT2D eigenvalue weighted by Crippen LogP contribution is -2.40. The van der Waals surface area contributed by atoms with Crippen LogP contribution in [0.25, 0.3) is 0 Å². The quantitative estimate of drug-likeness (QED) is 0.839. The standard InChI is InChI=1S/C12H17NO3/c1-13-10-7-15-12(16-8-10)9-4-3-5-11(6-9)14-2/h3-6,10,12-13H,7-8H2,1-2H3. The molecule has 1 saturated heterocycles. The lowest BCUT2D eigenvalue weighted by Gasteiger charge is -2.29. The van der Waals surface area contributed by atoms with Crippen LogP contribution in [0.4, 0.5) is 0 Å². The van der Waals surface area contributed by atoms with Gasteiger partial charge in [0.25, 0.3) is 0 Å². The van der Waals surface area contributed by atoms with E-state index in [0.717, 1.165) is 11.3 Å². The van der Waals surface area contributed by atoms with E-state index in [4.69, 9.17) is 14.2 Å². The average Bonchev–Trinajstić information content (AvgIpc) is 2.39. The monoisotopic (exact) mass is 223 g/mol. The topological polar surface area (TPSA) is 39.7 Å². The van der Waals surface area contributed by atoms with Gasteiger partial charge in [0.15, 0.2) is 6.29 Å². The summed E-state index contributed by atoms with van der Waals surface area (Å²) in [5, 5.41) is 3.12. The van der Waals surface area contributed by atoms with Crippen molar-refractivity contribution >= 4 is 0 Å². The molecule has 1 N–H and O–H groups in total. The Morgan fingerprint density at radius 1 is 1.31 bits per heavy atom. The molecule has 0 unspecified atom stereocenters. The molecule has 1 aromatic rings. The van der Waals surface area contributed by atoms with E-state index in [9.17, 15) is 0 Å². The van der Waals surface area contributed by atoms with Crippen LogP contribution in [-0.2, 0) is 9.47 Å². The summed E-state index contributed by atoms with van der Waals surface area (Å²) in [4.78, 5) is 0. The first-order valence-corrected chi connectivity index (χ1v) is 5.38. The Hall–Kier alpha value is -1.10. The van der Waals surface area contributed by atoms with Gasteiger partial charge in [0.05, 0.1) is 26.4 Å². The molecule has 16 heavy (non-hydrogen) atoms. The number of ether oxygens (including phenoxy) is 3. The van der Waals surface area contributed by atoms with Gasteiger partial charge in [-0.05, 0) is 19.2 Å². The zero-order valence-electron chi connectivity index (χ0n) is 9.60. The predicted octanol–water partition coefficient (Wildman–Crippen LogP) is 1.33. The van der Waals surface area contributed by atoms with Crippen molar-refractivity contribution in [2.75, 3.05) is 27.4 Å². The minimum atomic E-state index is -0.278. The van der Waals surface area contributed by atoms with Gasteiger partial charge in [-0.2, -0.15) is 0 Å². The predicted molar refractivity (Wildman–Crippen MR) is 60.5 cm³/mol. The van der Waals surface area contributed by atoms with Crippen molar-refractivity contribution in [3.8, 4) is 5.75 Å². The van der Waals surface area contributed by atoms with Gasteiger partial charge in [0, 0.05) is 5.56 Å². The van der Waals surface area contributed by atoms with E-state index in [1.807, 2.05) is 31.3 Å². The molecule has 4 heteroatoms. The van der Waals surface area contributed by atoms with Gasteiger partial charge in [0.1, 0.15) is 5.75 Å². The van der Waals surface area contributed by atoms with E-state index < -0.39 is 0 Å². The molecule has 1 heterocycles. The number of benzene rings is 1. The van der Waals surface area contributed by atoms with E-state index in [1.165, 1.54) is 0 Å². The number of hydrogen-bond acceptors (Lipinski definition) is 4. The lowest BCUT2D eigenvalue weighted by atomic mass is 10.2. The number of rotatable bonds is 3. The summed E-state index contributed by atoms with van der Waals surface area (Å²) in [5.41, 5.74) is 0.994. The first-order chi connectivity index (χ1) is 7.83. The van der Waals surface area contributed by atoms with Crippen LogP contribution in [-0.4, -0.2) is 33.4 Å². The average molecular weight is 223 g/mol. The maximum atomic E-state index is 5.63. The van der Waals surface area contributed by atoms with Crippen LogP contribution in [0.2, 0.25) is 0 Å². The highest BCUT2D eigenvalue weighted by molar-refractivity contribution is 5.29. The van der Waals surface area contributed by atoms with Crippen molar-refractivity contribution in [1.82, 2.24) is 5.32 Å². The minimum absolute atomic E-state index is 0.278. The van der Waals surface area contributed by atoms with Crippen LogP contribution in [0, 0.1) is 0 Å². The second-order valence-electron chi connectivity index (χ2n) is 3.76. The zero-order chi connectivity index (χ0) is 11.4. The summed E-state index contributed by atoms with van der Waals surface area (Å²) in [6, 6.07) is 8.03. The number of hydrogen-bond donors (Lipinski definition) is 1. The fourth-order valence-electron chi connectivity index (χ4n) is 1.65. The Morgan fingerprint density at radius 2 is 2.06 bits per heavy atom. The number of likely N-dealkylation sites (N-methyl/N-ethyl adjacent to an activating group) is 1. The van der Waals surface area contributed by atoms with Crippen molar-refractivity contribution in [3.05, 3.63) is 29.8 Å². The summed E-state index contributed by atoms with van der Waals surface area (Å²) < 4.78 is 16.4. The van der Waals surface area contributed by atoms with Crippen molar-refractivity contribution in [2.24, 2.45) is 0 Å². The molecule has 0 bridgehead atoms. The molecule has 0 saturated carbocycles. The SMILES string of the molecule is CNC1COC(c2cccc(OC)c2)OC1. The van der Waals surface area contributed by atoms with E-state index in [-0.39, 0.29) is 12.3 Å². The van der Waals surface area contributed by atoms with Crippen LogP contribution in [0.3, 0.4) is 0 Å². The van der Waals surface area contributed by atoms with Gasteiger partial charge >= 0.3 is 0 Å². The summed E-state index contributed by atoms with van der Waals surface area (Å²) in [7, 11) is 3.56. The third kappa shape index (κ3) is 2.52. The highest BCUT2D eigenvalue weighted by atomic mass is 16.7. The van der Waals surface area contributed by atoms with Crippen LogP contribution in [0.1, 0.15) is 11.9 Å². The molecule has 88 valence electrons. The molecule has 1 aliphatic heterocycles. The van der Waals surface area contributed by atoms with E-state index in [0.29, 0.717) is 13.2 Å². The van der Waals surface area contributed by atoms with Crippen molar-refractivity contribution in [1.29, 1.82) is 0 Å². The molecule has 1 fully saturated rings. The molecule has 0 aromatic heterocycles. The first kappa shape index (κ1) is 11.4. The summed E-state index contributed by atoms with van der Waals surface area (Å²) in [6.45, 7) is 1.33. The minimum Gasteiger partial charge on any atom is -0.497 e. The van der Waals surface area contributed by atoms with E-state index in [2.05, 4.69) is 5.32 Å². The smallest absolute Gasteiger partial charge is 0.184 e. The Kier molecular flexibility index (Phi) is 3.77. The largest absolute Gasteiger partial charge is 0.497 e. The normalized spacial score (nSPS) is 25.4. The maximum Gasteiger partial charge on any atom is 0.184 e. The molecule has 0 radical (unpaired) electrons.